The van der Waals surface area contributed by atoms with E-state index in [1.54, 1.807) is 12.1 Å². The highest BCUT2D eigenvalue weighted by Gasteiger charge is 2.29. The number of anilines is 1. The van der Waals surface area contributed by atoms with E-state index in [0.717, 1.165) is 17.7 Å². The molecule has 2 aromatic carbocycles. The Bertz CT molecular complexity index is 978. The number of allylic oxidation sites excluding steroid dienone is 1. The summed E-state index contributed by atoms with van der Waals surface area (Å²) in [5.41, 5.74) is 1.68. The third-order valence-corrected chi connectivity index (χ3v) is 5.10. The maximum Gasteiger partial charge on any atom is 0.326 e. The summed E-state index contributed by atoms with van der Waals surface area (Å²) in [5, 5.41) is 2.75. The zero-order valence-electron chi connectivity index (χ0n) is 15.1. The molecule has 0 bridgehead atoms. The van der Waals surface area contributed by atoms with Gasteiger partial charge in [0.05, 0.1) is 18.8 Å². The molecule has 0 saturated carbocycles. The lowest BCUT2D eigenvalue weighted by molar-refractivity contribution is -0.116. The maximum atomic E-state index is 13.7. The molecule has 0 saturated heterocycles. The predicted octanol–water partition coefficient (Wildman–Crippen LogP) is 5.11. The Morgan fingerprint density at radius 1 is 1.25 bits per heavy atom. The molecule has 8 heteroatoms. The van der Waals surface area contributed by atoms with Crippen molar-refractivity contribution in [3.63, 3.8) is 0 Å². The molecule has 5 nitrogen and oxygen atoms in total. The molecule has 0 spiro atoms. The minimum Gasteiger partial charge on any atom is -0.496 e. The fourth-order valence-electron chi connectivity index (χ4n) is 2.98. The summed E-state index contributed by atoms with van der Waals surface area (Å²) in [6.07, 6.45) is 2.58. The highest BCUT2D eigenvalue weighted by molar-refractivity contribution is 9.10. The molecule has 0 unspecified atom stereocenters. The third-order valence-electron chi connectivity index (χ3n) is 4.44. The van der Waals surface area contributed by atoms with Crippen LogP contribution in [0.25, 0.3) is 0 Å². The van der Waals surface area contributed by atoms with Crippen molar-refractivity contribution >= 4 is 33.4 Å². The van der Waals surface area contributed by atoms with Crippen LogP contribution in [0.3, 0.4) is 0 Å². The lowest BCUT2D eigenvalue weighted by Crippen LogP contribution is -2.37. The second-order valence-electron chi connectivity index (χ2n) is 6.31. The van der Waals surface area contributed by atoms with Gasteiger partial charge in [-0.15, -0.1) is 0 Å². The number of methoxy groups -OCH3 is 1. The van der Waals surface area contributed by atoms with Gasteiger partial charge in [0, 0.05) is 23.2 Å². The van der Waals surface area contributed by atoms with E-state index < -0.39 is 23.7 Å². The van der Waals surface area contributed by atoms with Gasteiger partial charge < -0.3 is 10.1 Å². The molecule has 1 aliphatic rings. The third kappa shape index (κ3) is 4.06. The molecule has 0 radical (unpaired) electrons. The molecule has 0 aromatic heterocycles. The van der Waals surface area contributed by atoms with Crippen molar-refractivity contribution in [2.45, 2.75) is 19.4 Å². The van der Waals surface area contributed by atoms with E-state index in [9.17, 15) is 18.4 Å². The van der Waals surface area contributed by atoms with Crippen LogP contribution in [-0.4, -0.2) is 23.8 Å². The van der Waals surface area contributed by atoms with Crippen molar-refractivity contribution in [2.24, 2.45) is 0 Å². The van der Waals surface area contributed by atoms with E-state index in [4.69, 9.17) is 4.74 Å². The number of urea groups is 1. The predicted molar refractivity (Wildman–Crippen MR) is 104 cm³/mol. The Morgan fingerprint density at radius 2 is 2.00 bits per heavy atom. The van der Waals surface area contributed by atoms with Crippen LogP contribution in [0.5, 0.6) is 5.75 Å². The Morgan fingerprint density at radius 3 is 2.68 bits per heavy atom. The number of nitrogens with zero attached hydrogens (tertiary/aromatic N) is 1. The normalized spacial score (nSPS) is 16.2. The molecule has 1 atom stereocenters. The SMILES string of the molecule is COc1cc(NC(=O)N2C=CC(=O)C[C@@H]2c2ccc(F)c(F)c2)c(Br)cc1C. The number of hydrogen-bond donors (Lipinski definition) is 1. The summed E-state index contributed by atoms with van der Waals surface area (Å²) in [7, 11) is 1.53. The van der Waals surface area contributed by atoms with Gasteiger partial charge in [-0.05, 0) is 58.3 Å². The van der Waals surface area contributed by atoms with Crippen LogP contribution in [0.15, 0.2) is 47.1 Å². The summed E-state index contributed by atoms with van der Waals surface area (Å²) >= 11 is 3.40. The standard InChI is InChI=1S/C20H17BrF2N2O3/c1-11-7-14(21)17(10-19(11)28-2)24-20(27)25-6-5-13(26)9-18(25)12-3-4-15(22)16(23)8-12/h3-8,10,18H,9H2,1-2H3,(H,24,27)/t18-/m1/s1. The smallest absolute Gasteiger partial charge is 0.326 e. The van der Waals surface area contributed by atoms with E-state index in [0.29, 0.717) is 21.5 Å². The molecule has 146 valence electrons. The lowest BCUT2D eigenvalue weighted by atomic mass is 9.97. The second-order valence-corrected chi connectivity index (χ2v) is 7.17. The topological polar surface area (TPSA) is 58.6 Å². The van der Waals surface area contributed by atoms with E-state index in [-0.39, 0.29) is 12.2 Å². The van der Waals surface area contributed by atoms with E-state index in [2.05, 4.69) is 21.2 Å². The number of carbonyl (C=O) groups is 2. The molecule has 28 heavy (non-hydrogen) atoms. The summed E-state index contributed by atoms with van der Waals surface area (Å²) in [6, 6.07) is 5.53. The number of aryl methyl sites for hydroxylation is 1. The van der Waals surface area contributed by atoms with Crippen molar-refractivity contribution in [2.75, 3.05) is 12.4 Å². The van der Waals surface area contributed by atoms with Crippen LogP contribution in [-0.2, 0) is 4.79 Å². The highest BCUT2D eigenvalue weighted by atomic mass is 79.9. The van der Waals surface area contributed by atoms with Gasteiger partial charge in [0.25, 0.3) is 0 Å². The number of ketones is 1. The van der Waals surface area contributed by atoms with Crippen molar-refractivity contribution in [3.8, 4) is 5.75 Å². The van der Waals surface area contributed by atoms with E-state index in [1.165, 1.54) is 30.4 Å². The summed E-state index contributed by atoms with van der Waals surface area (Å²) in [5.74, 6) is -1.64. The molecule has 0 fully saturated rings. The van der Waals surface area contributed by atoms with Crippen LogP contribution in [0.2, 0.25) is 0 Å². The molecule has 0 aliphatic carbocycles. The monoisotopic (exact) mass is 450 g/mol. The number of hydrogen-bond acceptors (Lipinski definition) is 3. The van der Waals surface area contributed by atoms with Gasteiger partial charge in [0.15, 0.2) is 17.4 Å². The maximum absolute atomic E-state index is 13.7. The van der Waals surface area contributed by atoms with Gasteiger partial charge in [0.1, 0.15) is 5.75 Å². The van der Waals surface area contributed by atoms with Gasteiger partial charge in [-0.25, -0.2) is 13.6 Å². The Hall–Kier alpha value is -2.74. The number of rotatable bonds is 3. The van der Waals surface area contributed by atoms with Crippen molar-refractivity contribution < 1.29 is 23.1 Å². The molecule has 3 rings (SSSR count). The lowest BCUT2D eigenvalue weighted by Gasteiger charge is -2.31. The molecular formula is C20H17BrF2N2O3. The fraction of sp³-hybridized carbons (Fsp3) is 0.200. The molecule has 1 N–H and O–H groups in total. The average molecular weight is 451 g/mol. The minimum atomic E-state index is -1.04. The van der Waals surface area contributed by atoms with Crippen LogP contribution in [0, 0.1) is 18.6 Å². The second kappa shape index (κ2) is 8.10. The van der Waals surface area contributed by atoms with Crippen LogP contribution in [0.1, 0.15) is 23.6 Å². The number of ether oxygens (including phenoxy) is 1. The first-order chi connectivity index (χ1) is 13.3. The summed E-state index contributed by atoms with van der Waals surface area (Å²) < 4.78 is 32.9. The Balaban J connectivity index is 1.91. The molecule has 2 aromatic rings. The van der Waals surface area contributed by atoms with Crippen LogP contribution >= 0.6 is 15.9 Å². The van der Waals surface area contributed by atoms with Crippen LogP contribution < -0.4 is 10.1 Å². The summed E-state index contributed by atoms with van der Waals surface area (Å²) in [6.45, 7) is 1.87. The Kier molecular flexibility index (Phi) is 5.79. The first-order valence-electron chi connectivity index (χ1n) is 8.39. The number of halogens is 3. The molecule has 1 heterocycles. The molecular weight excluding hydrogens is 434 g/mol. The number of benzene rings is 2. The quantitative estimate of drug-likeness (QED) is 0.706. The number of nitrogens with one attached hydrogen (secondary N) is 1. The van der Waals surface area contributed by atoms with Crippen LogP contribution in [0.4, 0.5) is 19.3 Å². The van der Waals surface area contributed by atoms with Gasteiger partial charge in [-0.1, -0.05) is 6.07 Å². The molecule has 1 aliphatic heterocycles. The largest absolute Gasteiger partial charge is 0.496 e. The van der Waals surface area contributed by atoms with Crippen molar-refractivity contribution in [3.05, 3.63) is 69.8 Å². The molecule has 2 amide bonds. The van der Waals surface area contributed by atoms with E-state index in [1.807, 2.05) is 6.92 Å². The van der Waals surface area contributed by atoms with Gasteiger partial charge in [-0.2, -0.15) is 0 Å². The first-order valence-corrected chi connectivity index (χ1v) is 9.19. The Labute approximate surface area is 169 Å². The van der Waals surface area contributed by atoms with Crippen molar-refractivity contribution in [1.82, 2.24) is 4.90 Å². The van der Waals surface area contributed by atoms with E-state index >= 15 is 0 Å². The first kappa shape index (κ1) is 20.0. The number of carbonyl (C=O) groups excluding carboxylic acids is 2. The average Bonchev–Trinajstić information content (AvgIpc) is 2.66. The summed E-state index contributed by atoms with van der Waals surface area (Å²) in [4.78, 5) is 26.0. The highest BCUT2D eigenvalue weighted by Crippen LogP contribution is 2.33. The zero-order chi connectivity index (χ0) is 20.4. The van der Waals surface area contributed by atoms with Crippen molar-refractivity contribution in [1.29, 1.82) is 0 Å². The minimum absolute atomic E-state index is 0.0343. The van der Waals surface area contributed by atoms with Gasteiger partial charge in [0.2, 0.25) is 0 Å². The zero-order valence-corrected chi connectivity index (χ0v) is 16.7. The number of amides is 2. The fourth-order valence-corrected chi connectivity index (χ4v) is 3.54. The van der Waals surface area contributed by atoms with Gasteiger partial charge >= 0.3 is 6.03 Å². The van der Waals surface area contributed by atoms with Gasteiger partial charge in [-0.3, -0.25) is 9.69 Å².